The Morgan fingerprint density at radius 3 is 2.45 bits per heavy atom. The molecule has 0 saturated carbocycles. The van der Waals surface area contributed by atoms with Crippen LogP contribution in [-0.2, 0) is 11.3 Å². The lowest BCUT2D eigenvalue weighted by Crippen LogP contribution is -2.46. The molecule has 1 aromatic carbocycles. The molecular weight excluding hydrogens is 388 g/mol. The number of benzene rings is 1. The van der Waals surface area contributed by atoms with E-state index in [1.807, 2.05) is 23.3 Å². The Bertz CT molecular complexity index is 990. The van der Waals surface area contributed by atoms with Gasteiger partial charge in [0, 0.05) is 62.1 Å². The number of anilines is 2. The lowest BCUT2D eigenvalue weighted by Gasteiger charge is -2.37. The van der Waals surface area contributed by atoms with Crippen molar-refractivity contribution >= 4 is 11.4 Å². The van der Waals surface area contributed by atoms with Gasteiger partial charge in [-0.2, -0.15) is 0 Å². The van der Waals surface area contributed by atoms with Crippen molar-refractivity contribution in [3.05, 3.63) is 54.5 Å². The molecule has 31 heavy (non-hydrogen) atoms. The minimum Gasteiger partial charge on any atom is -0.376 e. The SMILES string of the molecule is Cc1cc(N2CCN(c3ccncc3)CC2)ccc1-c1cn(CC2CCCCO2)nn1. The largest absolute Gasteiger partial charge is 0.376 e. The van der Waals surface area contributed by atoms with Gasteiger partial charge in [0.05, 0.1) is 18.8 Å². The maximum Gasteiger partial charge on any atom is 0.113 e. The van der Waals surface area contributed by atoms with Crippen LogP contribution in [0.3, 0.4) is 0 Å². The Morgan fingerprint density at radius 2 is 1.74 bits per heavy atom. The van der Waals surface area contributed by atoms with Crippen molar-refractivity contribution in [1.82, 2.24) is 20.0 Å². The molecule has 0 aliphatic carbocycles. The van der Waals surface area contributed by atoms with E-state index in [4.69, 9.17) is 4.74 Å². The highest BCUT2D eigenvalue weighted by Crippen LogP contribution is 2.27. The molecule has 7 nitrogen and oxygen atoms in total. The van der Waals surface area contributed by atoms with Crippen LogP contribution in [0.2, 0.25) is 0 Å². The smallest absolute Gasteiger partial charge is 0.113 e. The highest BCUT2D eigenvalue weighted by atomic mass is 16.5. The molecule has 5 rings (SSSR count). The number of hydrogen-bond acceptors (Lipinski definition) is 6. The second-order valence-electron chi connectivity index (χ2n) is 8.49. The number of aromatic nitrogens is 4. The summed E-state index contributed by atoms with van der Waals surface area (Å²) in [6, 6.07) is 10.9. The predicted molar refractivity (Wildman–Crippen MR) is 122 cm³/mol. The van der Waals surface area contributed by atoms with Gasteiger partial charge in [-0.05, 0) is 56.0 Å². The van der Waals surface area contributed by atoms with Crippen molar-refractivity contribution in [2.45, 2.75) is 38.8 Å². The summed E-state index contributed by atoms with van der Waals surface area (Å²) in [7, 11) is 0. The minimum absolute atomic E-state index is 0.262. The van der Waals surface area contributed by atoms with Crippen LogP contribution in [0.1, 0.15) is 24.8 Å². The molecule has 1 atom stereocenters. The number of aryl methyl sites for hydroxylation is 1. The van der Waals surface area contributed by atoms with E-state index >= 15 is 0 Å². The van der Waals surface area contributed by atoms with E-state index in [9.17, 15) is 0 Å². The van der Waals surface area contributed by atoms with Crippen molar-refractivity contribution in [1.29, 1.82) is 0 Å². The molecule has 2 aliphatic heterocycles. The summed E-state index contributed by atoms with van der Waals surface area (Å²) in [5, 5.41) is 8.77. The van der Waals surface area contributed by atoms with Crippen LogP contribution in [0, 0.1) is 6.92 Å². The topological polar surface area (TPSA) is 59.3 Å². The summed E-state index contributed by atoms with van der Waals surface area (Å²) in [6.45, 7) is 7.87. The van der Waals surface area contributed by atoms with Crippen LogP contribution >= 0.6 is 0 Å². The first-order chi connectivity index (χ1) is 15.3. The Morgan fingerprint density at radius 1 is 0.968 bits per heavy atom. The first kappa shape index (κ1) is 20.0. The molecule has 162 valence electrons. The Labute approximate surface area is 183 Å². The lowest BCUT2D eigenvalue weighted by atomic mass is 10.0. The van der Waals surface area contributed by atoms with E-state index in [1.54, 1.807) is 0 Å². The van der Waals surface area contributed by atoms with Crippen LogP contribution in [0.4, 0.5) is 11.4 Å². The zero-order valence-corrected chi connectivity index (χ0v) is 18.2. The van der Waals surface area contributed by atoms with Crippen molar-refractivity contribution in [2.75, 3.05) is 42.6 Å². The highest BCUT2D eigenvalue weighted by molar-refractivity contribution is 5.67. The summed E-state index contributed by atoms with van der Waals surface area (Å²) in [5.74, 6) is 0. The molecule has 0 bridgehead atoms. The van der Waals surface area contributed by atoms with Gasteiger partial charge < -0.3 is 14.5 Å². The van der Waals surface area contributed by atoms with Crippen LogP contribution in [0.15, 0.2) is 48.9 Å². The van der Waals surface area contributed by atoms with Gasteiger partial charge in [-0.25, -0.2) is 4.68 Å². The molecule has 0 N–H and O–H groups in total. The molecular formula is C24H30N6O. The van der Waals surface area contributed by atoms with Crippen molar-refractivity contribution in [3.8, 4) is 11.3 Å². The number of ether oxygens (including phenoxy) is 1. The van der Waals surface area contributed by atoms with E-state index in [2.05, 4.69) is 62.4 Å². The third-order valence-corrected chi connectivity index (χ3v) is 6.36. The highest BCUT2D eigenvalue weighted by Gasteiger charge is 2.19. The molecule has 3 aromatic rings. The van der Waals surface area contributed by atoms with Gasteiger partial charge in [-0.1, -0.05) is 11.3 Å². The van der Waals surface area contributed by atoms with Gasteiger partial charge in [-0.15, -0.1) is 5.10 Å². The molecule has 7 heteroatoms. The van der Waals surface area contributed by atoms with Crippen molar-refractivity contribution in [2.24, 2.45) is 0 Å². The molecule has 0 spiro atoms. The van der Waals surface area contributed by atoms with Crippen LogP contribution in [0.5, 0.6) is 0 Å². The van der Waals surface area contributed by atoms with Crippen LogP contribution < -0.4 is 9.80 Å². The molecule has 2 aromatic heterocycles. The number of pyridine rings is 1. The summed E-state index contributed by atoms with van der Waals surface area (Å²) < 4.78 is 7.77. The number of nitrogens with zero attached hydrogens (tertiary/aromatic N) is 6. The summed E-state index contributed by atoms with van der Waals surface area (Å²) in [5.41, 5.74) is 5.84. The van der Waals surface area contributed by atoms with E-state index in [0.717, 1.165) is 57.0 Å². The quantitative estimate of drug-likeness (QED) is 0.632. The second-order valence-corrected chi connectivity index (χ2v) is 8.49. The zero-order chi connectivity index (χ0) is 21.0. The molecule has 1 unspecified atom stereocenters. The van der Waals surface area contributed by atoms with E-state index in [-0.39, 0.29) is 6.10 Å². The van der Waals surface area contributed by atoms with E-state index < -0.39 is 0 Å². The lowest BCUT2D eigenvalue weighted by molar-refractivity contribution is 0.00370. The van der Waals surface area contributed by atoms with Crippen molar-refractivity contribution in [3.63, 3.8) is 0 Å². The van der Waals surface area contributed by atoms with Gasteiger partial charge in [0.1, 0.15) is 5.69 Å². The fourth-order valence-corrected chi connectivity index (χ4v) is 4.58. The fraction of sp³-hybridized carbons (Fsp3) is 0.458. The number of piperazine rings is 1. The van der Waals surface area contributed by atoms with Gasteiger partial charge in [-0.3, -0.25) is 4.98 Å². The molecule has 2 saturated heterocycles. The average Bonchev–Trinajstić information content (AvgIpc) is 3.28. The third kappa shape index (κ3) is 4.56. The molecule has 2 fully saturated rings. The van der Waals surface area contributed by atoms with Crippen LogP contribution in [0.25, 0.3) is 11.3 Å². The minimum atomic E-state index is 0.262. The molecule has 2 aliphatic rings. The Kier molecular flexibility index (Phi) is 5.84. The van der Waals surface area contributed by atoms with Gasteiger partial charge in [0.2, 0.25) is 0 Å². The van der Waals surface area contributed by atoms with E-state index in [1.165, 1.54) is 29.8 Å². The van der Waals surface area contributed by atoms with Gasteiger partial charge >= 0.3 is 0 Å². The van der Waals surface area contributed by atoms with E-state index in [0.29, 0.717) is 0 Å². The zero-order valence-electron chi connectivity index (χ0n) is 18.2. The Balaban J connectivity index is 1.23. The third-order valence-electron chi connectivity index (χ3n) is 6.36. The molecule has 0 radical (unpaired) electrons. The predicted octanol–water partition coefficient (Wildman–Crippen LogP) is 3.54. The van der Waals surface area contributed by atoms with Gasteiger partial charge in [0.15, 0.2) is 0 Å². The summed E-state index contributed by atoms with van der Waals surface area (Å²) in [6.07, 6.45) is 9.56. The summed E-state index contributed by atoms with van der Waals surface area (Å²) in [4.78, 5) is 9.01. The molecule has 4 heterocycles. The van der Waals surface area contributed by atoms with Crippen molar-refractivity contribution < 1.29 is 4.74 Å². The maximum absolute atomic E-state index is 5.84. The number of rotatable bonds is 5. The first-order valence-electron chi connectivity index (χ1n) is 11.3. The second kappa shape index (κ2) is 9.06. The number of hydrogen-bond donors (Lipinski definition) is 0. The monoisotopic (exact) mass is 418 g/mol. The normalized spacial score (nSPS) is 19.6. The van der Waals surface area contributed by atoms with Crippen LogP contribution in [-0.4, -0.2) is 58.9 Å². The standard InChI is InChI=1S/C24H30N6O/c1-19-16-21(29-13-11-28(12-14-29)20-7-9-25-10-8-20)5-6-23(19)24-18-30(27-26-24)17-22-4-2-3-15-31-22/h5-10,16,18,22H,2-4,11-15,17H2,1H3. The maximum atomic E-state index is 5.84. The summed E-state index contributed by atoms with van der Waals surface area (Å²) >= 11 is 0. The van der Waals surface area contributed by atoms with Gasteiger partial charge in [0.25, 0.3) is 0 Å². The first-order valence-corrected chi connectivity index (χ1v) is 11.3. The Hall–Kier alpha value is -2.93. The molecule has 0 amide bonds. The average molecular weight is 419 g/mol. The fourth-order valence-electron chi connectivity index (χ4n) is 4.58.